The first-order chi connectivity index (χ1) is 21.4. The molecule has 0 bridgehead atoms. The van der Waals surface area contributed by atoms with Crippen LogP contribution in [0.5, 0.6) is 5.75 Å². The quantitative estimate of drug-likeness (QED) is 0.279. The summed E-state index contributed by atoms with van der Waals surface area (Å²) in [5.41, 5.74) is 3.64. The number of anilines is 2. The van der Waals surface area contributed by atoms with E-state index >= 15 is 4.39 Å². The van der Waals surface area contributed by atoms with E-state index < -0.39 is 45.9 Å². The molecule has 1 aliphatic carbocycles. The monoisotopic (exact) mass is 640 g/mol. The third-order valence-corrected chi connectivity index (χ3v) is 8.95. The van der Waals surface area contributed by atoms with Gasteiger partial charge < -0.3 is 30.2 Å². The second kappa shape index (κ2) is 11.7. The van der Waals surface area contributed by atoms with Gasteiger partial charge in [-0.05, 0) is 25.8 Å². The molecule has 45 heavy (non-hydrogen) atoms. The van der Waals surface area contributed by atoms with Crippen LogP contribution in [0.15, 0.2) is 35.6 Å². The van der Waals surface area contributed by atoms with Gasteiger partial charge in [-0.3, -0.25) is 19.3 Å². The molecule has 15 heteroatoms. The molecule has 4 aromatic rings. The Morgan fingerprint density at radius 2 is 1.91 bits per heavy atom. The Morgan fingerprint density at radius 1 is 1.16 bits per heavy atom. The maximum atomic E-state index is 15.1. The van der Waals surface area contributed by atoms with E-state index in [4.69, 9.17) is 17.3 Å². The highest BCUT2D eigenvalue weighted by atomic mass is 35.5. The number of piperazine rings is 1. The van der Waals surface area contributed by atoms with Crippen molar-refractivity contribution in [2.75, 3.05) is 29.9 Å². The number of benzene rings is 1. The average Bonchev–Trinajstić information content (AvgIpc) is 3.32. The number of rotatable bonds is 7. The van der Waals surface area contributed by atoms with E-state index in [9.17, 15) is 23.9 Å². The number of nitrogens with zero attached hydrogens (tertiary/aromatic N) is 6. The molecule has 1 atom stereocenters. The molecule has 3 aromatic heterocycles. The van der Waals surface area contributed by atoms with Crippen LogP contribution < -0.4 is 21.5 Å². The summed E-state index contributed by atoms with van der Waals surface area (Å²) in [6, 6.07) is 3.42. The van der Waals surface area contributed by atoms with E-state index in [0.717, 1.165) is 30.3 Å². The van der Waals surface area contributed by atoms with Crippen molar-refractivity contribution in [2.24, 2.45) is 12.8 Å². The van der Waals surface area contributed by atoms with Gasteiger partial charge in [-0.15, -0.1) is 0 Å². The molecule has 4 heterocycles. The molecule has 6 rings (SSSR count). The Balaban J connectivity index is 1.29. The molecule has 4 N–H and O–H groups in total. The van der Waals surface area contributed by atoms with Crippen LogP contribution >= 0.6 is 11.6 Å². The SMILES string of the molecule is C[C@H]1CN(C2CCC2)CCN1c1cc(NC(=O)Cn2cc(-c3cc(C(N)=O)c(O)c(F)c3F)c3c(=O)n(C)cnc32)c(Cl)cn1. The van der Waals surface area contributed by atoms with Crippen LogP contribution in [0, 0.1) is 11.6 Å². The summed E-state index contributed by atoms with van der Waals surface area (Å²) in [4.78, 5) is 51.7. The number of pyridine rings is 1. The van der Waals surface area contributed by atoms with E-state index in [2.05, 4.69) is 32.0 Å². The van der Waals surface area contributed by atoms with Crippen LogP contribution in [0.4, 0.5) is 20.3 Å². The predicted octanol–water partition coefficient (Wildman–Crippen LogP) is 3.23. The predicted molar refractivity (Wildman–Crippen MR) is 164 cm³/mol. The van der Waals surface area contributed by atoms with Crippen molar-refractivity contribution in [3.05, 3.63) is 63.4 Å². The van der Waals surface area contributed by atoms with Crippen LogP contribution in [0.2, 0.25) is 5.02 Å². The van der Waals surface area contributed by atoms with Gasteiger partial charge in [-0.1, -0.05) is 18.0 Å². The van der Waals surface area contributed by atoms with Crippen LogP contribution in [-0.4, -0.2) is 72.6 Å². The highest BCUT2D eigenvalue weighted by molar-refractivity contribution is 6.33. The van der Waals surface area contributed by atoms with E-state index in [1.165, 1.54) is 49.6 Å². The molecule has 0 radical (unpaired) electrons. The van der Waals surface area contributed by atoms with Gasteiger partial charge in [0.25, 0.3) is 11.5 Å². The summed E-state index contributed by atoms with van der Waals surface area (Å²) >= 11 is 6.41. The van der Waals surface area contributed by atoms with Crippen molar-refractivity contribution in [2.45, 2.75) is 44.8 Å². The third-order valence-electron chi connectivity index (χ3n) is 8.65. The molecule has 2 aliphatic rings. The lowest BCUT2D eigenvalue weighted by Gasteiger charge is -2.46. The summed E-state index contributed by atoms with van der Waals surface area (Å²) < 4.78 is 32.2. The number of amides is 2. The lowest BCUT2D eigenvalue weighted by molar-refractivity contribution is -0.116. The number of halogens is 3. The number of phenols is 1. The fourth-order valence-electron chi connectivity index (χ4n) is 6.02. The molecule has 236 valence electrons. The lowest BCUT2D eigenvalue weighted by Crippen LogP contribution is -2.56. The van der Waals surface area contributed by atoms with Crippen molar-refractivity contribution in [1.29, 1.82) is 0 Å². The molecule has 1 saturated heterocycles. The van der Waals surface area contributed by atoms with Gasteiger partial charge in [0, 0.05) is 62.2 Å². The number of nitrogens with one attached hydrogen (secondary N) is 1. The zero-order valence-electron chi connectivity index (χ0n) is 24.6. The number of aromatic hydroxyl groups is 1. The van der Waals surface area contributed by atoms with Crippen molar-refractivity contribution in [1.82, 2.24) is 24.0 Å². The molecule has 2 amide bonds. The molecule has 0 spiro atoms. The van der Waals surface area contributed by atoms with Crippen molar-refractivity contribution in [3.63, 3.8) is 0 Å². The largest absolute Gasteiger partial charge is 0.504 e. The molecule has 12 nitrogen and oxygen atoms in total. The first-order valence-corrected chi connectivity index (χ1v) is 14.8. The molecule has 2 fully saturated rings. The summed E-state index contributed by atoms with van der Waals surface area (Å²) in [6.45, 7) is 4.37. The van der Waals surface area contributed by atoms with Crippen molar-refractivity contribution >= 4 is 46.0 Å². The van der Waals surface area contributed by atoms with Crippen LogP contribution in [0.25, 0.3) is 22.2 Å². The number of fused-ring (bicyclic) bond motifs is 1. The van der Waals surface area contributed by atoms with E-state index in [-0.39, 0.29) is 34.2 Å². The Kier molecular flexibility index (Phi) is 7.95. The number of aromatic nitrogens is 4. The fourth-order valence-corrected chi connectivity index (χ4v) is 6.18. The topological polar surface area (TPSA) is 152 Å². The number of carbonyl (C=O) groups excluding carboxylic acids is 2. The van der Waals surface area contributed by atoms with Crippen molar-refractivity contribution < 1.29 is 23.5 Å². The fraction of sp³-hybridized carbons (Fsp3) is 0.367. The van der Waals surface area contributed by atoms with Gasteiger partial charge in [0.15, 0.2) is 11.6 Å². The highest BCUT2D eigenvalue weighted by Crippen LogP contribution is 2.36. The first-order valence-electron chi connectivity index (χ1n) is 14.5. The van der Waals surface area contributed by atoms with Crippen LogP contribution in [0.1, 0.15) is 36.5 Å². The third kappa shape index (κ3) is 5.48. The zero-order chi connectivity index (χ0) is 32.2. The number of hydrogen-bond donors (Lipinski definition) is 3. The number of nitrogens with two attached hydrogens (primary N) is 1. The van der Waals surface area contributed by atoms with Gasteiger partial charge in [-0.2, -0.15) is 4.39 Å². The molecule has 1 saturated carbocycles. The number of hydrogen-bond acceptors (Lipinski definition) is 8. The minimum Gasteiger partial charge on any atom is -0.504 e. The maximum absolute atomic E-state index is 15.1. The van der Waals surface area contributed by atoms with Crippen LogP contribution in [-0.2, 0) is 18.4 Å². The van der Waals surface area contributed by atoms with E-state index in [1.807, 2.05) is 0 Å². The van der Waals surface area contributed by atoms with E-state index in [1.54, 1.807) is 6.07 Å². The Hall–Kier alpha value is -4.56. The molecular formula is C30H31ClF2N8O4. The molecular weight excluding hydrogens is 610 g/mol. The average molecular weight is 641 g/mol. The summed E-state index contributed by atoms with van der Waals surface area (Å²) in [5, 5.41) is 12.8. The summed E-state index contributed by atoms with van der Waals surface area (Å²) in [6.07, 6.45) is 7.70. The number of carbonyl (C=O) groups is 2. The minimum absolute atomic E-state index is 0.0106. The Labute approximate surface area is 261 Å². The lowest BCUT2D eigenvalue weighted by atomic mass is 9.90. The van der Waals surface area contributed by atoms with Gasteiger partial charge in [-0.25, -0.2) is 14.4 Å². The Bertz CT molecular complexity index is 1910. The molecule has 1 aromatic carbocycles. The van der Waals surface area contributed by atoms with Gasteiger partial charge in [0.05, 0.1) is 34.2 Å². The van der Waals surface area contributed by atoms with Gasteiger partial charge in [0.2, 0.25) is 11.7 Å². The second-order valence-corrected chi connectivity index (χ2v) is 11.9. The van der Waals surface area contributed by atoms with E-state index in [0.29, 0.717) is 17.5 Å². The zero-order valence-corrected chi connectivity index (χ0v) is 25.3. The number of primary amides is 1. The standard InChI is InChI=1S/C30H31ClF2N8O4/c1-15-11-39(16-4-3-5-16)6-7-41(15)22-9-21(20(31)10-35-22)37-23(42)13-40-12-19(24-29(40)36-14-38(2)30(24)45)17-8-18(28(34)44)27(43)26(33)25(17)32/h8-10,12,14-16,43H,3-7,11,13H2,1-2H3,(H2,34,44)(H,35,37,42)/t15-/m0/s1. The van der Waals surface area contributed by atoms with Crippen molar-refractivity contribution in [3.8, 4) is 16.9 Å². The smallest absolute Gasteiger partial charge is 0.263 e. The Morgan fingerprint density at radius 3 is 2.58 bits per heavy atom. The van der Waals surface area contributed by atoms with Crippen LogP contribution in [0.3, 0.4) is 0 Å². The highest BCUT2D eigenvalue weighted by Gasteiger charge is 2.32. The summed E-state index contributed by atoms with van der Waals surface area (Å²) in [7, 11) is 1.42. The maximum Gasteiger partial charge on any atom is 0.263 e. The van der Waals surface area contributed by atoms with Gasteiger partial charge >= 0.3 is 0 Å². The molecule has 0 unspecified atom stereocenters. The first kappa shape index (κ1) is 30.5. The van der Waals surface area contributed by atoms with Gasteiger partial charge in [0.1, 0.15) is 18.0 Å². The summed E-state index contributed by atoms with van der Waals surface area (Å²) in [5.74, 6) is -5.54. The minimum atomic E-state index is -1.71. The normalized spacial score (nSPS) is 17.4. The molecule has 1 aliphatic heterocycles. The second-order valence-electron chi connectivity index (χ2n) is 11.5. The number of aryl methyl sites for hydroxylation is 1.